The van der Waals surface area contributed by atoms with Crippen LogP contribution in [0, 0.1) is 22.7 Å². The molecule has 0 spiro atoms. The molecule has 0 aromatic heterocycles. The van der Waals surface area contributed by atoms with Gasteiger partial charge in [-0.2, -0.15) is 10.5 Å². The number of benzene rings is 1. The van der Waals surface area contributed by atoms with Crippen molar-refractivity contribution in [3.63, 3.8) is 0 Å². The van der Waals surface area contributed by atoms with Crippen LogP contribution < -0.4 is 5.73 Å². The maximum atomic E-state index is 8.71. The lowest BCUT2D eigenvalue weighted by molar-refractivity contribution is 1.45. The average Bonchev–Trinajstić information content (AvgIpc) is 2.16. The van der Waals surface area contributed by atoms with Gasteiger partial charge in [-0.25, -0.2) is 0 Å². The molecule has 2 N–H and O–H groups in total. The maximum Gasteiger partial charge on any atom is 0.102 e. The highest BCUT2D eigenvalue weighted by Crippen LogP contribution is 2.39. The van der Waals surface area contributed by atoms with Gasteiger partial charge in [0.1, 0.15) is 12.1 Å². The van der Waals surface area contributed by atoms with E-state index >= 15 is 0 Å². The molecule has 6 heteroatoms. The lowest BCUT2D eigenvalue weighted by Crippen LogP contribution is -1.96. The van der Waals surface area contributed by atoms with E-state index in [9.17, 15) is 0 Å². The highest BCUT2D eigenvalue weighted by molar-refractivity contribution is 6.44. The van der Waals surface area contributed by atoms with Crippen LogP contribution in [0.5, 0.6) is 0 Å². The van der Waals surface area contributed by atoms with Crippen molar-refractivity contribution in [2.45, 2.75) is 0 Å². The van der Waals surface area contributed by atoms with Crippen LogP contribution in [0.3, 0.4) is 0 Å². The highest BCUT2D eigenvalue weighted by atomic mass is 35.5. The Labute approximate surface area is 95.2 Å². The molecule has 1 aromatic rings. The standard InChI is InChI=1S/C8H2Cl3N3/c9-5-3(1-12)6(10)8(14)7(11)4(5)2-13/h14H2. The minimum Gasteiger partial charge on any atom is -0.396 e. The van der Waals surface area contributed by atoms with E-state index < -0.39 is 0 Å². The van der Waals surface area contributed by atoms with Crippen molar-refractivity contribution >= 4 is 40.5 Å². The molecule has 0 saturated carbocycles. The van der Waals surface area contributed by atoms with Crippen LogP contribution in [0.4, 0.5) is 5.69 Å². The zero-order chi connectivity index (χ0) is 10.9. The topological polar surface area (TPSA) is 73.6 Å². The molecule has 1 rings (SSSR count). The van der Waals surface area contributed by atoms with Crippen LogP contribution in [-0.2, 0) is 0 Å². The molecule has 0 aliphatic carbocycles. The van der Waals surface area contributed by atoms with Crippen LogP contribution in [0.15, 0.2) is 0 Å². The molecule has 70 valence electrons. The third-order valence-electron chi connectivity index (χ3n) is 1.57. The predicted octanol–water partition coefficient (Wildman–Crippen LogP) is 2.97. The molecule has 0 unspecified atom stereocenters. The monoisotopic (exact) mass is 245 g/mol. The Hall–Kier alpha value is -1.13. The zero-order valence-electron chi connectivity index (χ0n) is 6.61. The molecular formula is C8H2Cl3N3. The lowest BCUT2D eigenvalue weighted by atomic mass is 10.1. The molecular weight excluding hydrogens is 244 g/mol. The number of nitrogens with zero attached hydrogens (tertiary/aromatic N) is 2. The number of rotatable bonds is 0. The maximum absolute atomic E-state index is 8.71. The van der Waals surface area contributed by atoms with Gasteiger partial charge in [0.2, 0.25) is 0 Å². The Morgan fingerprint density at radius 1 is 0.857 bits per heavy atom. The van der Waals surface area contributed by atoms with Gasteiger partial charge in [0.25, 0.3) is 0 Å². The molecule has 0 bridgehead atoms. The summed E-state index contributed by atoms with van der Waals surface area (Å²) in [5, 5.41) is 17.3. The summed E-state index contributed by atoms with van der Waals surface area (Å²) in [4.78, 5) is 0. The summed E-state index contributed by atoms with van der Waals surface area (Å²) in [6.45, 7) is 0. The van der Waals surface area contributed by atoms with Gasteiger partial charge in [0.15, 0.2) is 0 Å². The summed E-state index contributed by atoms with van der Waals surface area (Å²) >= 11 is 17.1. The molecule has 0 aliphatic heterocycles. The van der Waals surface area contributed by atoms with Crippen LogP contribution >= 0.6 is 34.8 Å². The van der Waals surface area contributed by atoms with Gasteiger partial charge < -0.3 is 5.73 Å². The molecule has 3 nitrogen and oxygen atoms in total. The normalized spacial score (nSPS) is 9.21. The van der Waals surface area contributed by atoms with Gasteiger partial charge in [-0.15, -0.1) is 0 Å². The molecule has 0 atom stereocenters. The van der Waals surface area contributed by atoms with E-state index in [1.165, 1.54) is 0 Å². The average molecular weight is 246 g/mol. The second-order valence-corrected chi connectivity index (χ2v) is 3.46. The minimum atomic E-state index is -0.0702. The summed E-state index contributed by atoms with van der Waals surface area (Å²) < 4.78 is 0. The van der Waals surface area contributed by atoms with Crippen molar-refractivity contribution in [2.75, 3.05) is 5.73 Å². The molecule has 0 saturated heterocycles. The first-order chi connectivity index (χ1) is 6.54. The summed E-state index contributed by atoms with van der Waals surface area (Å²) in [6, 6.07) is 3.51. The minimum absolute atomic E-state index is 0.00849. The molecule has 0 aliphatic rings. The summed E-state index contributed by atoms with van der Waals surface area (Å²) in [6.07, 6.45) is 0. The van der Waals surface area contributed by atoms with Gasteiger partial charge in [-0.05, 0) is 0 Å². The van der Waals surface area contributed by atoms with E-state index in [1.807, 2.05) is 0 Å². The second-order valence-electron chi connectivity index (χ2n) is 2.33. The molecule has 0 radical (unpaired) electrons. The summed E-state index contributed by atoms with van der Waals surface area (Å²) in [7, 11) is 0. The fourth-order valence-electron chi connectivity index (χ4n) is 0.880. The van der Waals surface area contributed by atoms with Crippen LogP contribution in [-0.4, -0.2) is 0 Å². The van der Waals surface area contributed by atoms with Gasteiger partial charge in [0.05, 0.1) is 31.9 Å². The lowest BCUT2D eigenvalue weighted by Gasteiger charge is -2.07. The summed E-state index contributed by atoms with van der Waals surface area (Å²) in [5.41, 5.74) is 5.40. The van der Waals surface area contributed by atoms with Gasteiger partial charge >= 0.3 is 0 Å². The largest absolute Gasteiger partial charge is 0.396 e. The quantitative estimate of drug-likeness (QED) is 0.715. The molecule has 0 amide bonds. The van der Waals surface area contributed by atoms with E-state index in [4.69, 9.17) is 51.1 Å². The number of halogens is 3. The molecule has 0 fully saturated rings. The van der Waals surface area contributed by atoms with Crippen molar-refractivity contribution in [3.8, 4) is 12.1 Å². The van der Waals surface area contributed by atoms with Crippen molar-refractivity contribution in [2.24, 2.45) is 0 Å². The first-order valence-corrected chi connectivity index (χ1v) is 4.44. The van der Waals surface area contributed by atoms with Crippen molar-refractivity contribution in [1.82, 2.24) is 0 Å². The second kappa shape index (κ2) is 3.94. The number of hydrogen-bond acceptors (Lipinski definition) is 3. The third kappa shape index (κ3) is 1.47. The number of nitriles is 2. The smallest absolute Gasteiger partial charge is 0.102 e. The van der Waals surface area contributed by atoms with Gasteiger partial charge in [-0.1, -0.05) is 34.8 Å². The Bertz CT molecular complexity index is 441. The van der Waals surface area contributed by atoms with Crippen molar-refractivity contribution in [1.29, 1.82) is 10.5 Å². The van der Waals surface area contributed by atoms with Gasteiger partial charge in [0, 0.05) is 0 Å². The Morgan fingerprint density at radius 3 is 1.50 bits per heavy atom. The molecule has 1 aromatic carbocycles. The van der Waals surface area contributed by atoms with E-state index in [0.717, 1.165) is 0 Å². The highest BCUT2D eigenvalue weighted by Gasteiger charge is 2.19. The first-order valence-electron chi connectivity index (χ1n) is 3.30. The predicted molar refractivity (Wildman–Crippen MR) is 55.3 cm³/mol. The van der Waals surface area contributed by atoms with Crippen LogP contribution in [0.2, 0.25) is 15.1 Å². The van der Waals surface area contributed by atoms with E-state index in [2.05, 4.69) is 0 Å². The fourth-order valence-corrected chi connectivity index (χ4v) is 1.76. The Morgan fingerprint density at radius 2 is 1.21 bits per heavy atom. The summed E-state index contributed by atoms with van der Waals surface area (Å²) in [5.74, 6) is 0. The van der Waals surface area contributed by atoms with Crippen molar-refractivity contribution < 1.29 is 0 Å². The number of nitrogen functional groups attached to an aromatic ring is 1. The van der Waals surface area contributed by atoms with Crippen LogP contribution in [0.25, 0.3) is 0 Å². The number of anilines is 1. The van der Waals surface area contributed by atoms with Crippen LogP contribution in [0.1, 0.15) is 11.1 Å². The number of hydrogen-bond donors (Lipinski definition) is 1. The number of nitrogens with two attached hydrogens (primary N) is 1. The zero-order valence-corrected chi connectivity index (χ0v) is 8.87. The van der Waals surface area contributed by atoms with Gasteiger partial charge in [-0.3, -0.25) is 0 Å². The molecule has 14 heavy (non-hydrogen) atoms. The van der Waals surface area contributed by atoms with E-state index in [1.54, 1.807) is 12.1 Å². The Balaban J connectivity index is 3.78. The third-order valence-corrected chi connectivity index (χ3v) is 2.74. The first kappa shape index (κ1) is 10.9. The molecule has 0 heterocycles. The van der Waals surface area contributed by atoms with E-state index in [-0.39, 0.29) is 31.9 Å². The van der Waals surface area contributed by atoms with Crippen molar-refractivity contribution in [3.05, 3.63) is 26.2 Å². The Kier molecular flexibility index (Phi) is 3.08. The SMILES string of the molecule is N#Cc1c(Cl)c(N)c(Cl)c(C#N)c1Cl. The van der Waals surface area contributed by atoms with E-state index in [0.29, 0.717) is 0 Å². The fraction of sp³-hybridized carbons (Fsp3) is 0.